The molecule has 1 amide bonds. The van der Waals surface area contributed by atoms with E-state index in [-0.39, 0.29) is 12.2 Å². The van der Waals surface area contributed by atoms with E-state index in [9.17, 15) is 4.79 Å². The third kappa shape index (κ3) is 5.02. The minimum absolute atomic E-state index is 0.0944. The van der Waals surface area contributed by atoms with E-state index in [0.29, 0.717) is 13.0 Å². The Hall–Kier alpha value is -0.650. The Labute approximate surface area is 103 Å². The van der Waals surface area contributed by atoms with E-state index in [1.165, 1.54) is 6.42 Å². The van der Waals surface area contributed by atoms with Crippen LogP contribution in [0.3, 0.4) is 0 Å². The first kappa shape index (κ1) is 14.4. The molecule has 1 heterocycles. The lowest BCUT2D eigenvalue weighted by Crippen LogP contribution is -2.51. The molecule has 1 aliphatic heterocycles. The van der Waals surface area contributed by atoms with Crippen LogP contribution in [0.15, 0.2) is 0 Å². The van der Waals surface area contributed by atoms with E-state index in [1.807, 2.05) is 6.92 Å². The van der Waals surface area contributed by atoms with Crippen LogP contribution in [0.1, 0.15) is 39.5 Å². The third-order valence-electron chi connectivity index (χ3n) is 3.12. The molecule has 0 aromatic carbocycles. The summed E-state index contributed by atoms with van der Waals surface area (Å²) in [7, 11) is 0. The maximum Gasteiger partial charge on any atom is 0.237 e. The molecule has 3 unspecified atom stereocenters. The van der Waals surface area contributed by atoms with Crippen molar-refractivity contribution in [3.8, 4) is 0 Å². The van der Waals surface area contributed by atoms with Crippen LogP contribution in [-0.4, -0.2) is 36.9 Å². The zero-order valence-electron chi connectivity index (χ0n) is 10.8. The molecule has 0 saturated carbocycles. The second-order valence-corrected chi connectivity index (χ2v) is 5.12. The molecule has 5 nitrogen and oxygen atoms in total. The van der Waals surface area contributed by atoms with Crippen molar-refractivity contribution < 1.29 is 14.3 Å². The summed E-state index contributed by atoms with van der Waals surface area (Å²) in [5.74, 6) is -0.498. The van der Waals surface area contributed by atoms with Crippen LogP contribution in [0.2, 0.25) is 0 Å². The first-order valence-electron chi connectivity index (χ1n) is 6.24. The smallest absolute Gasteiger partial charge is 0.237 e. The molecule has 0 aliphatic carbocycles. The van der Waals surface area contributed by atoms with Gasteiger partial charge in [0.25, 0.3) is 0 Å². The zero-order valence-corrected chi connectivity index (χ0v) is 10.8. The van der Waals surface area contributed by atoms with Gasteiger partial charge in [-0.25, -0.2) is 0 Å². The summed E-state index contributed by atoms with van der Waals surface area (Å²) in [5.41, 5.74) is 9.99. The lowest BCUT2D eigenvalue weighted by atomic mass is 9.95. The molecule has 5 heteroatoms. The van der Waals surface area contributed by atoms with Crippen molar-refractivity contribution in [2.24, 2.45) is 11.5 Å². The summed E-state index contributed by atoms with van der Waals surface area (Å²) >= 11 is 0. The SMILES string of the molecule is CC(CC(C)(N)C(N)=O)OCC1CCCCO1. The minimum atomic E-state index is -1.01. The van der Waals surface area contributed by atoms with E-state index in [4.69, 9.17) is 20.9 Å². The van der Waals surface area contributed by atoms with Gasteiger partial charge in [-0.1, -0.05) is 0 Å². The van der Waals surface area contributed by atoms with Gasteiger partial charge >= 0.3 is 0 Å². The lowest BCUT2D eigenvalue weighted by molar-refractivity contribution is -0.124. The third-order valence-corrected chi connectivity index (χ3v) is 3.12. The molecular weight excluding hydrogens is 220 g/mol. The fraction of sp³-hybridized carbons (Fsp3) is 0.917. The summed E-state index contributed by atoms with van der Waals surface area (Å²) in [5, 5.41) is 0. The van der Waals surface area contributed by atoms with Crippen molar-refractivity contribution in [3.63, 3.8) is 0 Å². The van der Waals surface area contributed by atoms with E-state index >= 15 is 0 Å². The number of primary amides is 1. The number of hydrogen-bond donors (Lipinski definition) is 2. The molecule has 0 aromatic heterocycles. The Morgan fingerprint density at radius 1 is 1.59 bits per heavy atom. The molecular formula is C12H24N2O3. The van der Waals surface area contributed by atoms with Gasteiger partial charge in [0.15, 0.2) is 0 Å². The van der Waals surface area contributed by atoms with Crippen molar-refractivity contribution >= 4 is 5.91 Å². The highest BCUT2D eigenvalue weighted by Crippen LogP contribution is 2.16. The Morgan fingerprint density at radius 2 is 2.29 bits per heavy atom. The van der Waals surface area contributed by atoms with E-state index < -0.39 is 11.4 Å². The van der Waals surface area contributed by atoms with Gasteiger partial charge in [0, 0.05) is 6.61 Å². The molecule has 100 valence electrons. The quantitative estimate of drug-likeness (QED) is 0.714. The first-order valence-corrected chi connectivity index (χ1v) is 6.24. The standard InChI is InChI=1S/C12H24N2O3/c1-9(7-12(2,14)11(13)15)17-8-10-5-3-4-6-16-10/h9-10H,3-8,14H2,1-2H3,(H2,13,15). The predicted octanol–water partition coefficient (Wildman–Crippen LogP) is 0.553. The van der Waals surface area contributed by atoms with Crippen molar-refractivity contribution in [1.29, 1.82) is 0 Å². The van der Waals surface area contributed by atoms with Crippen molar-refractivity contribution in [2.45, 2.75) is 57.3 Å². The van der Waals surface area contributed by atoms with Gasteiger partial charge in [0.2, 0.25) is 5.91 Å². The second kappa shape index (κ2) is 6.33. The van der Waals surface area contributed by atoms with E-state index in [2.05, 4.69) is 0 Å². The minimum Gasteiger partial charge on any atom is -0.376 e. The molecule has 0 radical (unpaired) electrons. The number of carbonyl (C=O) groups is 1. The van der Waals surface area contributed by atoms with Gasteiger partial charge in [0.1, 0.15) is 0 Å². The number of rotatable bonds is 6. The Kier molecular flexibility index (Phi) is 5.36. The van der Waals surface area contributed by atoms with Gasteiger partial charge < -0.3 is 20.9 Å². The average molecular weight is 244 g/mol. The maximum absolute atomic E-state index is 11.1. The van der Waals surface area contributed by atoms with Crippen LogP contribution < -0.4 is 11.5 Å². The highest BCUT2D eigenvalue weighted by atomic mass is 16.5. The zero-order chi connectivity index (χ0) is 12.9. The highest BCUT2D eigenvalue weighted by Gasteiger charge is 2.28. The molecule has 0 aromatic rings. The van der Waals surface area contributed by atoms with Crippen LogP contribution in [0.4, 0.5) is 0 Å². The molecule has 0 bridgehead atoms. The summed E-state index contributed by atoms with van der Waals surface area (Å²) in [6, 6.07) is 0. The Balaban J connectivity index is 2.24. The van der Waals surface area contributed by atoms with Crippen LogP contribution in [-0.2, 0) is 14.3 Å². The van der Waals surface area contributed by atoms with Gasteiger partial charge in [-0.05, 0) is 39.5 Å². The van der Waals surface area contributed by atoms with Crippen LogP contribution in [0.5, 0.6) is 0 Å². The molecule has 17 heavy (non-hydrogen) atoms. The number of amides is 1. The van der Waals surface area contributed by atoms with Crippen LogP contribution in [0.25, 0.3) is 0 Å². The highest BCUT2D eigenvalue weighted by molar-refractivity contribution is 5.83. The number of carbonyl (C=O) groups excluding carboxylic acids is 1. The Bertz CT molecular complexity index is 250. The van der Waals surface area contributed by atoms with Gasteiger partial charge in [-0.2, -0.15) is 0 Å². The molecule has 1 rings (SSSR count). The summed E-state index contributed by atoms with van der Waals surface area (Å²) in [6.07, 6.45) is 3.89. The fourth-order valence-electron chi connectivity index (χ4n) is 1.97. The first-order chi connectivity index (χ1) is 7.92. The molecule has 3 atom stereocenters. The second-order valence-electron chi connectivity index (χ2n) is 5.12. The summed E-state index contributed by atoms with van der Waals surface area (Å²) in [4.78, 5) is 11.1. The fourth-order valence-corrected chi connectivity index (χ4v) is 1.97. The van der Waals surface area contributed by atoms with Gasteiger partial charge in [-0.15, -0.1) is 0 Å². The molecule has 1 aliphatic rings. The van der Waals surface area contributed by atoms with Crippen LogP contribution >= 0.6 is 0 Å². The average Bonchev–Trinajstić information content (AvgIpc) is 2.27. The summed E-state index contributed by atoms with van der Waals surface area (Å²) < 4.78 is 11.2. The van der Waals surface area contributed by atoms with Crippen molar-refractivity contribution in [3.05, 3.63) is 0 Å². The normalized spacial score (nSPS) is 26.2. The monoisotopic (exact) mass is 244 g/mol. The molecule has 0 spiro atoms. The molecule has 4 N–H and O–H groups in total. The van der Waals surface area contributed by atoms with E-state index in [1.54, 1.807) is 6.92 Å². The Morgan fingerprint density at radius 3 is 2.82 bits per heavy atom. The van der Waals surface area contributed by atoms with Crippen molar-refractivity contribution in [1.82, 2.24) is 0 Å². The number of nitrogens with two attached hydrogens (primary N) is 2. The number of ether oxygens (including phenoxy) is 2. The maximum atomic E-state index is 11.1. The largest absolute Gasteiger partial charge is 0.376 e. The van der Waals surface area contributed by atoms with Gasteiger partial charge in [-0.3, -0.25) is 4.79 Å². The van der Waals surface area contributed by atoms with Crippen LogP contribution in [0, 0.1) is 0 Å². The van der Waals surface area contributed by atoms with E-state index in [0.717, 1.165) is 19.4 Å². The van der Waals surface area contributed by atoms with Gasteiger partial charge in [0.05, 0.1) is 24.4 Å². The predicted molar refractivity (Wildman–Crippen MR) is 65.4 cm³/mol. The molecule has 1 saturated heterocycles. The van der Waals surface area contributed by atoms with Crippen molar-refractivity contribution in [2.75, 3.05) is 13.2 Å². The number of hydrogen-bond acceptors (Lipinski definition) is 4. The lowest BCUT2D eigenvalue weighted by Gasteiger charge is -2.27. The topological polar surface area (TPSA) is 87.6 Å². The summed E-state index contributed by atoms with van der Waals surface area (Å²) in [6.45, 7) is 4.91. The molecule has 1 fully saturated rings.